The molecule has 0 aromatic heterocycles. The number of benzene rings is 1. The van der Waals surface area contributed by atoms with Crippen LogP contribution in [0.4, 0.5) is 4.79 Å². The van der Waals surface area contributed by atoms with Crippen LogP contribution in [-0.2, 0) is 0 Å². The first-order valence-electron chi connectivity index (χ1n) is 14.4. The Hall–Kier alpha value is -1.60. The van der Waals surface area contributed by atoms with Crippen LogP contribution in [0.1, 0.15) is 117 Å². The van der Waals surface area contributed by atoms with Gasteiger partial charge in [-0.25, -0.2) is 10.2 Å². The fourth-order valence-corrected chi connectivity index (χ4v) is 5.29. The van der Waals surface area contributed by atoms with Gasteiger partial charge in [0.1, 0.15) is 18.1 Å². The Labute approximate surface area is 225 Å². The van der Waals surface area contributed by atoms with Gasteiger partial charge in [-0.15, -0.1) is 11.8 Å². The van der Waals surface area contributed by atoms with Gasteiger partial charge in [0.25, 0.3) is 0 Å². The number of unbranched alkanes of at least 4 members (excludes halogenated alkanes) is 13. The number of phenols is 1. The van der Waals surface area contributed by atoms with Crippen LogP contribution in [0.25, 0.3) is 0 Å². The van der Waals surface area contributed by atoms with Gasteiger partial charge in [0.05, 0.1) is 11.9 Å². The number of carbonyl (C=O) groups excluding carboxylic acids is 1. The van der Waals surface area contributed by atoms with E-state index in [1.807, 2.05) is 11.8 Å². The zero-order valence-electron chi connectivity index (χ0n) is 23.2. The largest absolute Gasteiger partial charge is 0.508 e. The molecule has 0 spiro atoms. The summed E-state index contributed by atoms with van der Waals surface area (Å²) in [6.45, 7) is 7.37. The summed E-state index contributed by atoms with van der Waals surface area (Å²) in [6.07, 6.45) is 20.7. The average molecular weight is 524 g/mol. The topological polar surface area (TPSA) is 82.6 Å². The van der Waals surface area contributed by atoms with E-state index in [2.05, 4.69) is 36.9 Å². The van der Waals surface area contributed by atoms with E-state index < -0.39 is 0 Å². The number of amides is 2. The Balaban J connectivity index is 1.88. The van der Waals surface area contributed by atoms with Gasteiger partial charge >= 0.3 is 6.03 Å². The summed E-state index contributed by atoms with van der Waals surface area (Å²) in [5.41, 5.74) is 5.77. The highest BCUT2D eigenvalue weighted by Gasteiger charge is 2.10. The normalized spacial score (nSPS) is 12.8. The molecule has 2 amide bonds. The number of hydrazine groups is 1. The number of aromatic hydroxyl groups is 1. The number of nitrogens with one attached hydrogen (secondary N) is 3. The van der Waals surface area contributed by atoms with E-state index in [9.17, 15) is 9.90 Å². The van der Waals surface area contributed by atoms with Crippen LogP contribution in [0.15, 0.2) is 24.3 Å². The maximum absolute atomic E-state index is 11.9. The lowest BCUT2D eigenvalue weighted by molar-refractivity contribution is 0.232. The third-order valence-electron chi connectivity index (χ3n) is 6.28. The molecular weight excluding hydrogens is 470 g/mol. The molecule has 1 aromatic rings. The first-order chi connectivity index (χ1) is 17.5. The average Bonchev–Trinajstić information content (AvgIpc) is 2.86. The fourth-order valence-electron chi connectivity index (χ4n) is 4.16. The van der Waals surface area contributed by atoms with E-state index in [1.54, 1.807) is 24.3 Å². The van der Waals surface area contributed by atoms with E-state index >= 15 is 0 Å². The monoisotopic (exact) mass is 523 g/mol. The second-order valence-electron chi connectivity index (χ2n) is 9.84. The Morgan fingerprint density at radius 2 is 1.39 bits per heavy atom. The molecule has 0 aliphatic carbocycles. The molecule has 2 unspecified atom stereocenters. The number of phenolic OH excluding ortho intramolecular Hbond substituents is 1. The van der Waals surface area contributed by atoms with Crippen molar-refractivity contribution in [3.8, 4) is 11.5 Å². The molecule has 0 aliphatic heterocycles. The maximum Gasteiger partial charge on any atom is 0.329 e. The quantitative estimate of drug-likeness (QED) is 0.0665. The third kappa shape index (κ3) is 19.6. The zero-order chi connectivity index (χ0) is 26.3. The minimum atomic E-state index is -0.267. The van der Waals surface area contributed by atoms with Crippen molar-refractivity contribution in [1.82, 2.24) is 16.2 Å². The summed E-state index contributed by atoms with van der Waals surface area (Å²) in [5, 5.41) is 12.7. The van der Waals surface area contributed by atoms with Crippen molar-refractivity contribution >= 4 is 17.8 Å². The molecule has 0 aliphatic rings. The lowest BCUT2D eigenvalue weighted by Gasteiger charge is -2.19. The molecule has 0 bridgehead atoms. The Morgan fingerprint density at radius 3 is 1.94 bits per heavy atom. The number of carbonyl (C=O) groups is 1. The van der Waals surface area contributed by atoms with Crippen molar-refractivity contribution in [2.75, 3.05) is 13.2 Å². The fraction of sp³-hybridized carbons (Fsp3) is 0.759. The molecule has 6 nitrogen and oxygen atoms in total. The molecule has 0 heterocycles. The molecular formula is C29H53N3O3S. The minimum absolute atomic E-state index is 0.144. The summed E-state index contributed by atoms with van der Waals surface area (Å²) in [6, 6.07) is 6.25. The van der Waals surface area contributed by atoms with Crippen LogP contribution in [0.3, 0.4) is 0 Å². The molecule has 208 valence electrons. The summed E-state index contributed by atoms with van der Waals surface area (Å²) < 4.78 is 5.51. The van der Waals surface area contributed by atoms with Crippen molar-refractivity contribution in [3.05, 3.63) is 24.3 Å². The molecule has 0 saturated carbocycles. The molecule has 0 saturated heterocycles. The number of thioether (sulfide) groups is 1. The second kappa shape index (κ2) is 22.6. The molecule has 7 heteroatoms. The number of hydrogen-bond donors (Lipinski definition) is 4. The lowest BCUT2D eigenvalue weighted by Crippen LogP contribution is -2.48. The van der Waals surface area contributed by atoms with Crippen LogP contribution in [-0.4, -0.2) is 34.9 Å². The Bertz CT molecular complexity index is 645. The highest BCUT2D eigenvalue weighted by Crippen LogP contribution is 2.21. The number of urea groups is 1. The zero-order valence-corrected chi connectivity index (χ0v) is 24.0. The third-order valence-corrected chi connectivity index (χ3v) is 7.51. The predicted molar refractivity (Wildman–Crippen MR) is 155 cm³/mol. The van der Waals surface area contributed by atoms with Gasteiger partial charge in [0.2, 0.25) is 0 Å². The standard InChI is InChI=1S/C29H53N3O3S/c1-4-5-6-7-8-9-10-11-12-13-14-15-16-17-18-25(2)36-26(3)31-32-29(34)30-23-24-35-28-21-19-27(33)20-22-28/h19-22,25-26,31,33H,4-18,23-24H2,1-3H3,(H2,30,32,34). The summed E-state index contributed by atoms with van der Waals surface area (Å²) in [7, 11) is 0. The molecule has 4 N–H and O–H groups in total. The van der Waals surface area contributed by atoms with Gasteiger partial charge in [0, 0.05) is 5.25 Å². The van der Waals surface area contributed by atoms with Crippen molar-refractivity contribution in [2.24, 2.45) is 0 Å². The van der Waals surface area contributed by atoms with Crippen LogP contribution in [0.5, 0.6) is 11.5 Å². The number of hydrogen-bond acceptors (Lipinski definition) is 5. The van der Waals surface area contributed by atoms with E-state index in [0.717, 1.165) is 0 Å². The number of rotatable bonds is 23. The molecule has 1 rings (SSSR count). The first-order valence-corrected chi connectivity index (χ1v) is 15.3. The van der Waals surface area contributed by atoms with E-state index in [4.69, 9.17) is 4.74 Å². The lowest BCUT2D eigenvalue weighted by atomic mass is 10.0. The molecule has 36 heavy (non-hydrogen) atoms. The van der Waals surface area contributed by atoms with E-state index in [1.165, 1.54) is 96.3 Å². The van der Waals surface area contributed by atoms with Crippen molar-refractivity contribution < 1.29 is 14.6 Å². The summed E-state index contributed by atoms with van der Waals surface area (Å²) >= 11 is 1.86. The van der Waals surface area contributed by atoms with Crippen LogP contribution in [0.2, 0.25) is 0 Å². The van der Waals surface area contributed by atoms with Gasteiger partial charge < -0.3 is 15.2 Å². The van der Waals surface area contributed by atoms with Crippen molar-refractivity contribution in [2.45, 2.75) is 128 Å². The SMILES string of the molecule is CCCCCCCCCCCCCCCCC(C)SC(C)NNC(=O)NCCOc1ccc(O)cc1. The van der Waals surface area contributed by atoms with Crippen LogP contribution in [0, 0.1) is 0 Å². The van der Waals surface area contributed by atoms with Crippen molar-refractivity contribution in [3.63, 3.8) is 0 Å². The van der Waals surface area contributed by atoms with Crippen LogP contribution < -0.4 is 20.9 Å². The van der Waals surface area contributed by atoms with Gasteiger partial charge in [-0.1, -0.05) is 104 Å². The highest BCUT2D eigenvalue weighted by atomic mass is 32.2. The maximum atomic E-state index is 11.9. The second-order valence-corrected chi connectivity index (χ2v) is 11.6. The number of ether oxygens (including phenoxy) is 1. The molecule has 0 radical (unpaired) electrons. The summed E-state index contributed by atoms with van der Waals surface area (Å²) in [5.74, 6) is 0.859. The smallest absolute Gasteiger partial charge is 0.329 e. The Kier molecular flexibility index (Phi) is 20.3. The highest BCUT2D eigenvalue weighted by molar-refractivity contribution is 8.00. The first kappa shape index (κ1) is 32.4. The molecule has 1 aromatic carbocycles. The summed E-state index contributed by atoms with van der Waals surface area (Å²) in [4.78, 5) is 11.9. The minimum Gasteiger partial charge on any atom is -0.508 e. The van der Waals surface area contributed by atoms with Gasteiger partial charge in [-0.05, 0) is 37.6 Å². The van der Waals surface area contributed by atoms with Crippen molar-refractivity contribution in [1.29, 1.82) is 0 Å². The Morgan fingerprint density at radius 1 is 0.861 bits per heavy atom. The van der Waals surface area contributed by atoms with Crippen LogP contribution >= 0.6 is 11.8 Å². The predicted octanol–water partition coefficient (Wildman–Crippen LogP) is 7.91. The van der Waals surface area contributed by atoms with Gasteiger partial charge in [-0.3, -0.25) is 5.43 Å². The van der Waals surface area contributed by atoms with E-state index in [-0.39, 0.29) is 17.2 Å². The van der Waals surface area contributed by atoms with Gasteiger partial charge in [-0.2, -0.15) is 0 Å². The van der Waals surface area contributed by atoms with E-state index in [0.29, 0.717) is 24.2 Å². The molecule has 2 atom stereocenters. The van der Waals surface area contributed by atoms with Gasteiger partial charge in [0.15, 0.2) is 0 Å². The molecule has 0 fully saturated rings.